The Morgan fingerprint density at radius 2 is 1.84 bits per heavy atom. The van der Waals surface area contributed by atoms with Crippen molar-refractivity contribution >= 4 is 5.91 Å². The number of benzene rings is 2. The minimum absolute atomic E-state index is 0.00317. The predicted octanol–water partition coefficient (Wildman–Crippen LogP) is 5.23. The SMILES string of the molecule is CCCCCN(C)Cc1nnc(-c2ccc(-c3cc(C(=O)NC4CC4)ccc3C)cc2)o1. The van der Waals surface area contributed by atoms with E-state index in [-0.39, 0.29) is 5.91 Å². The van der Waals surface area contributed by atoms with Crippen molar-refractivity contribution in [3.05, 3.63) is 59.5 Å². The molecule has 0 radical (unpaired) electrons. The largest absolute Gasteiger partial charge is 0.419 e. The van der Waals surface area contributed by atoms with E-state index in [9.17, 15) is 4.79 Å². The Bertz CT molecular complexity index is 1050. The first kappa shape index (κ1) is 22.2. The molecule has 6 nitrogen and oxygen atoms in total. The number of carbonyl (C=O) groups excluding carboxylic acids is 1. The number of unbranched alkanes of at least 4 members (excludes halogenated alkanes) is 2. The quantitative estimate of drug-likeness (QED) is 0.444. The predicted molar refractivity (Wildman–Crippen MR) is 126 cm³/mol. The number of amides is 1. The van der Waals surface area contributed by atoms with Gasteiger partial charge in [-0.25, -0.2) is 0 Å². The Morgan fingerprint density at radius 1 is 1.09 bits per heavy atom. The van der Waals surface area contributed by atoms with E-state index in [0.717, 1.165) is 41.6 Å². The Labute approximate surface area is 190 Å². The van der Waals surface area contributed by atoms with Crippen molar-refractivity contribution in [1.29, 1.82) is 0 Å². The second-order valence-electron chi connectivity index (χ2n) is 8.80. The summed E-state index contributed by atoms with van der Waals surface area (Å²) in [6.45, 7) is 5.95. The molecule has 1 N–H and O–H groups in total. The van der Waals surface area contributed by atoms with Crippen LogP contribution in [0.25, 0.3) is 22.6 Å². The number of carbonyl (C=O) groups is 1. The summed E-state index contributed by atoms with van der Waals surface area (Å²) < 4.78 is 5.89. The lowest BCUT2D eigenvalue weighted by Gasteiger charge is -2.13. The van der Waals surface area contributed by atoms with Crippen LogP contribution in [0, 0.1) is 6.92 Å². The third kappa shape index (κ3) is 5.62. The van der Waals surface area contributed by atoms with Crippen LogP contribution in [0.5, 0.6) is 0 Å². The zero-order chi connectivity index (χ0) is 22.5. The first-order chi connectivity index (χ1) is 15.5. The van der Waals surface area contributed by atoms with Gasteiger partial charge in [-0.1, -0.05) is 38.0 Å². The lowest BCUT2D eigenvalue weighted by Crippen LogP contribution is -2.25. The van der Waals surface area contributed by atoms with Gasteiger partial charge in [0.05, 0.1) is 6.54 Å². The van der Waals surface area contributed by atoms with Gasteiger partial charge in [-0.2, -0.15) is 0 Å². The lowest BCUT2D eigenvalue weighted by molar-refractivity contribution is 0.0951. The normalized spacial score (nSPS) is 13.5. The van der Waals surface area contributed by atoms with Crippen molar-refractivity contribution < 1.29 is 9.21 Å². The third-order valence-corrected chi connectivity index (χ3v) is 5.87. The summed E-state index contributed by atoms with van der Waals surface area (Å²) in [4.78, 5) is 14.7. The molecular weight excluding hydrogens is 400 g/mol. The highest BCUT2D eigenvalue weighted by atomic mass is 16.4. The van der Waals surface area contributed by atoms with Crippen molar-refractivity contribution in [3.8, 4) is 22.6 Å². The highest BCUT2D eigenvalue weighted by molar-refractivity contribution is 5.96. The summed E-state index contributed by atoms with van der Waals surface area (Å²) >= 11 is 0. The number of rotatable bonds is 10. The van der Waals surface area contributed by atoms with Crippen LogP contribution in [0.3, 0.4) is 0 Å². The summed E-state index contributed by atoms with van der Waals surface area (Å²) in [5.41, 5.74) is 4.84. The van der Waals surface area contributed by atoms with E-state index in [1.165, 1.54) is 19.3 Å². The van der Waals surface area contributed by atoms with Gasteiger partial charge in [0.25, 0.3) is 5.91 Å². The maximum atomic E-state index is 12.4. The second-order valence-corrected chi connectivity index (χ2v) is 8.80. The van der Waals surface area contributed by atoms with Crippen molar-refractivity contribution in [2.24, 2.45) is 0 Å². The van der Waals surface area contributed by atoms with E-state index in [1.807, 2.05) is 42.5 Å². The van der Waals surface area contributed by atoms with E-state index in [2.05, 4.69) is 41.3 Å². The molecule has 6 heteroatoms. The molecule has 1 saturated carbocycles. The summed E-state index contributed by atoms with van der Waals surface area (Å²) in [6, 6.07) is 14.3. The van der Waals surface area contributed by atoms with Gasteiger partial charge in [-0.3, -0.25) is 9.69 Å². The number of aryl methyl sites for hydroxylation is 1. The highest BCUT2D eigenvalue weighted by Crippen LogP contribution is 2.28. The molecule has 0 bridgehead atoms. The number of hydrogen-bond acceptors (Lipinski definition) is 5. The third-order valence-electron chi connectivity index (χ3n) is 5.87. The van der Waals surface area contributed by atoms with Crippen LogP contribution in [-0.2, 0) is 6.54 Å². The maximum Gasteiger partial charge on any atom is 0.251 e. The van der Waals surface area contributed by atoms with Gasteiger partial charge in [0, 0.05) is 17.2 Å². The van der Waals surface area contributed by atoms with Gasteiger partial charge in [-0.15, -0.1) is 10.2 Å². The molecule has 0 spiro atoms. The van der Waals surface area contributed by atoms with Gasteiger partial charge < -0.3 is 9.73 Å². The summed E-state index contributed by atoms with van der Waals surface area (Å²) in [5, 5.41) is 11.5. The Hall–Kier alpha value is -2.99. The zero-order valence-corrected chi connectivity index (χ0v) is 19.2. The number of nitrogens with one attached hydrogen (secondary N) is 1. The molecule has 1 heterocycles. The molecule has 168 valence electrons. The van der Waals surface area contributed by atoms with Crippen LogP contribution in [0.15, 0.2) is 46.9 Å². The van der Waals surface area contributed by atoms with E-state index in [1.54, 1.807) is 0 Å². The molecule has 0 atom stereocenters. The van der Waals surface area contributed by atoms with Crippen LogP contribution in [0.2, 0.25) is 0 Å². The molecule has 1 aromatic heterocycles. The summed E-state index contributed by atoms with van der Waals surface area (Å²) in [5.74, 6) is 1.17. The Kier molecular flexibility index (Phi) is 7.00. The fourth-order valence-electron chi connectivity index (χ4n) is 3.74. The molecular formula is C26H32N4O2. The van der Waals surface area contributed by atoms with Crippen LogP contribution >= 0.6 is 0 Å². The summed E-state index contributed by atoms with van der Waals surface area (Å²) in [7, 11) is 2.08. The Balaban J connectivity index is 1.44. The molecule has 0 aliphatic heterocycles. The molecule has 0 saturated heterocycles. The molecule has 32 heavy (non-hydrogen) atoms. The average molecular weight is 433 g/mol. The fraction of sp³-hybridized carbons (Fsp3) is 0.423. The molecule has 3 aromatic rings. The van der Waals surface area contributed by atoms with E-state index >= 15 is 0 Å². The topological polar surface area (TPSA) is 71.3 Å². The van der Waals surface area contributed by atoms with Crippen molar-refractivity contribution in [3.63, 3.8) is 0 Å². The second kappa shape index (κ2) is 10.1. The van der Waals surface area contributed by atoms with Crippen molar-refractivity contribution in [2.45, 2.75) is 58.5 Å². The smallest absolute Gasteiger partial charge is 0.251 e. The standard InChI is InChI=1S/C26H32N4O2/c1-4-5-6-15-30(3)17-24-28-29-26(32-24)20-11-9-19(10-12-20)23-16-21(8-7-18(23)2)25(31)27-22-13-14-22/h7-12,16,22H,4-6,13-15,17H2,1-3H3,(H,27,31). The van der Waals surface area contributed by atoms with E-state index in [0.29, 0.717) is 29.9 Å². The number of hydrogen-bond donors (Lipinski definition) is 1. The van der Waals surface area contributed by atoms with Gasteiger partial charge in [0.1, 0.15) is 0 Å². The zero-order valence-electron chi connectivity index (χ0n) is 19.2. The van der Waals surface area contributed by atoms with Crippen LogP contribution in [-0.4, -0.2) is 40.6 Å². The molecule has 0 unspecified atom stereocenters. The fourth-order valence-corrected chi connectivity index (χ4v) is 3.74. The van der Waals surface area contributed by atoms with Gasteiger partial charge in [0.15, 0.2) is 0 Å². The first-order valence-electron chi connectivity index (χ1n) is 11.6. The minimum Gasteiger partial charge on any atom is -0.419 e. The van der Waals surface area contributed by atoms with E-state index < -0.39 is 0 Å². The van der Waals surface area contributed by atoms with Gasteiger partial charge >= 0.3 is 0 Å². The van der Waals surface area contributed by atoms with Crippen LogP contribution in [0.4, 0.5) is 0 Å². The maximum absolute atomic E-state index is 12.4. The van der Waals surface area contributed by atoms with Crippen LogP contribution < -0.4 is 5.32 Å². The van der Waals surface area contributed by atoms with E-state index in [4.69, 9.17) is 4.42 Å². The molecule has 1 aliphatic rings. The van der Waals surface area contributed by atoms with Crippen molar-refractivity contribution in [1.82, 2.24) is 20.4 Å². The Morgan fingerprint density at radius 3 is 2.56 bits per heavy atom. The molecule has 1 amide bonds. The van der Waals surface area contributed by atoms with Gasteiger partial charge in [-0.05, 0) is 80.7 Å². The molecule has 1 aliphatic carbocycles. The highest BCUT2D eigenvalue weighted by Gasteiger charge is 2.24. The molecule has 4 rings (SSSR count). The monoisotopic (exact) mass is 432 g/mol. The number of nitrogens with zero attached hydrogens (tertiary/aromatic N) is 3. The first-order valence-corrected chi connectivity index (χ1v) is 11.6. The molecule has 1 fully saturated rings. The lowest BCUT2D eigenvalue weighted by atomic mass is 9.97. The average Bonchev–Trinajstić information content (AvgIpc) is 3.49. The van der Waals surface area contributed by atoms with Gasteiger partial charge in [0.2, 0.25) is 11.8 Å². The molecule has 2 aromatic carbocycles. The summed E-state index contributed by atoms with van der Waals surface area (Å²) in [6.07, 6.45) is 5.79. The van der Waals surface area contributed by atoms with Crippen LogP contribution in [0.1, 0.15) is 60.8 Å². The number of aromatic nitrogens is 2. The minimum atomic E-state index is 0.00317. The van der Waals surface area contributed by atoms with Crippen molar-refractivity contribution in [2.75, 3.05) is 13.6 Å².